The second kappa shape index (κ2) is 8.00. The number of carbonyl (C=O) groups excluding carboxylic acids is 1. The van der Waals surface area contributed by atoms with Gasteiger partial charge < -0.3 is 15.1 Å². The summed E-state index contributed by atoms with van der Waals surface area (Å²) in [6.45, 7) is 3.96. The Morgan fingerprint density at radius 1 is 1.33 bits per heavy atom. The molecule has 1 aromatic heterocycles. The number of aromatic nitrogens is 2. The van der Waals surface area contributed by atoms with Crippen LogP contribution >= 0.6 is 0 Å². The largest absolute Gasteiger partial charge is 0.364 e. The van der Waals surface area contributed by atoms with Gasteiger partial charge in [-0.2, -0.15) is 0 Å². The second-order valence-corrected chi connectivity index (χ2v) is 7.35. The summed E-state index contributed by atoms with van der Waals surface area (Å²) in [5.74, 6) is 0.0835. The van der Waals surface area contributed by atoms with E-state index in [-0.39, 0.29) is 17.6 Å². The molecule has 6 nitrogen and oxygen atoms in total. The minimum Gasteiger partial charge on any atom is -0.364 e. The maximum Gasteiger partial charge on any atom is 0.273 e. The minimum absolute atomic E-state index is 0.130. The fourth-order valence-electron chi connectivity index (χ4n) is 3.30. The van der Waals surface area contributed by atoms with E-state index in [0.717, 1.165) is 25.1 Å². The summed E-state index contributed by atoms with van der Waals surface area (Å²) in [5, 5.41) is 3.48. The summed E-state index contributed by atoms with van der Waals surface area (Å²) in [5.41, 5.74) is 1.92. The molecule has 2 heterocycles. The van der Waals surface area contributed by atoms with Crippen LogP contribution in [-0.4, -0.2) is 65.9 Å². The highest BCUT2D eigenvalue weighted by Crippen LogP contribution is 2.29. The summed E-state index contributed by atoms with van der Waals surface area (Å²) in [6, 6.07) is 6.66. The van der Waals surface area contributed by atoms with E-state index < -0.39 is 0 Å². The van der Waals surface area contributed by atoms with Gasteiger partial charge >= 0.3 is 0 Å². The van der Waals surface area contributed by atoms with Crippen molar-refractivity contribution >= 4 is 11.7 Å². The van der Waals surface area contributed by atoms with Crippen molar-refractivity contribution in [3.05, 3.63) is 53.2 Å². The topological polar surface area (TPSA) is 61.4 Å². The number of hydrogen-bond donors (Lipinski definition) is 1. The van der Waals surface area contributed by atoms with E-state index in [1.54, 1.807) is 26.2 Å². The first-order valence-corrected chi connectivity index (χ1v) is 9.14. The quantitative estimate of drug-likeness (QED) is 0.875. The second-order valence-electron chi connectivity index (χ2n) is 7.35. The van der Waals surface area contributed by atoms with Gasteiger partial charge in [-0.25, -0.2) is 14.4 Å². The lowest BCUT2D eigenvalue weighted by Crippen LogP contribution is -2.27. The average Bonchev–Trinajstić information content (AvgIpc) is 3.06. The monoisotopic (exact) mass is 371 g/mol. The molecule has 7 heteroatoms. The Morgan fingerprint density at radius 2 is 2.04 bits per heavy atom. The Labute approximate surface area is 159 Å². The SMILES string of the molecule is CC(c1ccc(F)cc1)c1nc(C(=O)N(C)C)cnc1N[C@@H]1CCN(C)C1. The third-order valence-electron chi connectivity index (χ3n) is 4.94. The Bertz CT molecular complexity index is 809. The van der Waals surface area contributed by atoms with Crippen molar-refractivity contribution in [3.63, 3.8) is 0 Å². The van der Waals surface area contributed by atoms with Crippen molar-refractivity contribution < 1.29 is 9.18 Å². The van der Waals surface area contributed by atoms with Crippen LogP contribution in [-0.2, 0) is 0 Å². The van der Waals surface area contributed by atoms with Gasteiger partial charge in [-0.15, -0.1) is 0 Å². The zero-order valence-electron chi connectivity index (χ0n) is 16.2. The lowest BCUT2D eigenvalue weighted by Gasteiger charge is -2.20. The smallest absolute Gasteiger partial charge is 0.273 e. The number of nitrogens with zero attached hydrogens (tertiary/aromatic N) is 4. The van der Waals surface area contributed by atoms with Crippen molar-refractivity contribution in [1.29, 1.82) is 0 Å². The van der Waals surface area contributed by atoms with E-state index >= 15 is 0 Å². The predicted molar refractivity (Wildman–Crippen MR) is 103 cm³/mol. The number of nitrogens with one attached hydrogen (secondary N) is 1. The molecule has 3 rings (SSSR count). The number of likely N-dealkylation sites (N-methyl/N-ethyl adjacent to an activating group) is 1. The van der Waals surface area contributed by atoms with Gasteiger partial charge in [-0.1, -0.05) is 19.1 Å². The number of benzene rings is 1. The lowest BCUT2D eigenvalue weighted by atomic mass is 9.97. The fraction of sp³-hybridized carbons (Fsp3) is 0.450. The third kappa shape index (κ3) is 4.42. The van der Waals surface area contributed by atoms with Crippen molar-refractivity contribution in [2.75, 3.05) is 39.5 Å². The number of rotatable bonds is 5. The van der Waals surface area contributed by atoms with Gasteiger partial charge in [0.15, 0.2) is 0 Å². The molecule has 1 fully saturated rings. The molecule has 0 bridgehead atoms. The van der Waals surface area contributed by atoms with E-state index in [2.05, 4.69) is 27.2 Å². The molecular weight excluding hydrogens is 345 g/mol. The molecule has 1 saturated heterocycles. The normalized spacial score (nSPS) is 18.3. The molecule has 0 aliphatic carbocycles. The highest BCUT2D eigenvalue weighted by atomic mass is 19.1. The van der Waals surface area contributed by atoms with Crippen molar-refractivity contribution in [2.24, 2.45) is 0 Å². The minimum atomic E-state index is -0.277. The molecule has 0 radical (unpaired) electrons. The number of halogens is 1. The summed E-state index contributed by atoms with van der Waals surface area (Å²) < 4.78 is 13.3. The van der Waals surface area contributed by atoms with Crippen LogP contribution in [0.2, 0.25) is 0 Å². The molecule has 27 heavy (non-hydrogen) atoms. The van der Waals surface area contributed by atoms with Gasteiger partial charge in [-0.05, 0) is 37.7 Å². The van der Waals surface area contributed by atoms with Crippen LogP contribution in [0.4, 0.5) is 10.2 Å². The van der Waals surface area contributed by atoms with Crippen LogP contribution in [0.15, 0.2) is 30.5 Å². The number of hydrogen-bond acceptors (Lipinski definition) is 5. The van der Waals surface area contributed by atoms with Crippen LogP contribution in [0.1, 0.15) is 41.0 Å². The average molecular weight is 371 g/mol. The molecule has 1 aliphatic heterocycles. The van der Waals surface area contributed by atoms with Crippen LogP contribution in [0.3, 0.4) is 0 Å². The molecule has 1 aromatic carbocycles. The van der Waals surface area contributed by atoms with E-state index in [4.69, 9.17) is 0 Å². The number of anilines is 1. The summed E-state index contributed by atoms with van der Waals surface area (Å²) in [4.78, 5) is 25.2. The molecule has 0 saturated carbocycles. The summed E-state index contributed by atoms with van der Waals surface area (Å²) >= 11 is 0. The van der Waals surface area contributed by atoms with Gasteiger partial charge in [0, 0.05) is 32.6 Å². The van der Waals surface area contributed by atoms with Crippen LogP contribution < -0.4 is 5.32 Å². The van der Waals surface area contributed by atoms with Crippen molar-refractivity contribution in [3.8, 4) is 0 Å². The number of likely N-dealkylation sites (tertiary alicyclic amines) is 1. The zero-order chi connectivity index (χ0) is 19.6. The number of carbonyl (C=O) groups is 1. The van der Waals surface area contributed by atoms with Gasteiger partial charge in [0.1, 0.15) is 17.3 Å². The molecule has 1 unspecified atom stereocenters. The Balaban J connectivity index is 1.96. The van der Waals surface area contributed by atoms with E-state index in [1.807, 2.05) is 6.92 Å². The molecule has 1 N–H and O–H groups in total. The van der Waals surface area contributed by atoms with E-state index in [1.165, 1.54) is 23.2 Å². The Kier molecular flexibility index (Phi) is 5.70. The first-order chi connectivity index (χ1) is 12.8. The predicted octanol–water partition coefficient (Wildman–Crippen LogP) is 2.59. The van der Waals surface area contributed by atoms with Gasteiger partial charge in [0.2, 0.25) is 0 Å². The first-order valence-electron chi connectivity index (χ1n) is 9.14. The summed E-state index contributed by atoms with van der Waals surface area (Å²) in [7, 11) is 5.47. The van der Waals surface area contributed by atoms with Crippen LogP contribution in [0, 0.1) is 5.82 Å². The molecule has 1 aliphatic rings. The first kappa shape index (κ1) is 19.2. The molecule has 1 amide bonds. The molecular formula is C20H26FN5O. The highest BCUT2D eigenvalue weighted by Gasteiger charge is 2.24. The highest BCUT2D eigenvalue weighted by molar-refractivity contribution is 5.91. The molecule has 2 atom stereocenters. The Hall–Kier alpha value is -2.54. The van der Waals surface area contributed by atoms with Crippen molar-refractivity contribution in [2.45, 2.75) is 25.3 Å². The summed E-state index contributed by atoms with van der Waals surface area (Å²) in [6.07, 6.45) is 2.55. The fourth-order valence-corrected chi connectivity index (χ4v) is 3.30. The Morgan fingerprint density at radius 3 is 2.63 bits per heavy atom. The maximum atomic E-state index is 13.3. The number of amides is 1. The van der Waals surface area contributed by atoms with Gasteiger partial charge in [0.25, 0.3) is 5.91 Å². The molecule has 144 valence electrons. The maximum absolute atomic E-state index is 13.3. The third-order valence-corrected chi connectivity index (χ3v) is 4.94. The van der Waals surface area contributed by atoms with E-state index in [0.29, 0.717) is 23.2 Å². The zero-order valence-corrected chi connectivity index (χ0v) is 16.2. The van der Waals surface area contributed by atoms with Crippen LogP contribution in [0.5, 0.6) is 0 Å². The molecule has 2 aromatic rings. The standard InChI is InChI=1S/C20H26FN5O/c1-13(14-5-7-15(21)8-6-14)18-19(23-16-9-10-26(4)12-16)22-11-17(24-18)20(27)25(2)3/h5-8,11,13,16H,9-10,12H2,1-4H3,(H,22,23)/t13?,16-/m1/s1. The van der Waals surface area contributed by atoms with Crippen LogP contribution in [0.25, 0.3) is 0 Å². The van der Waals surface area contributed by atoms with Gasteiger partial charge in [-0.3, -0.25) is 4.79 Å². The lowest BCUT2D eigenvalue weighted by molar-refractivity contribution is 0.0821. The molecule has 0 spiro atoms. The van der Waals surface area contributed by atoms with Crippen molar-refractivity contribution in [1.82, 2.24) is 19.8 Å². The van der Waals surface area contributed by atoms with Gasteiger partial charge in [0.05, 0.1) is 11.9 Å². The van der Waals surface area contributed by atoms with E-state index in [9.17, 15) is 9.18 Å².